The predicted octanol–water partition coefficient (Wildman–Crippen LogP) is 5.07. The predicted molar refractivity (Wildman–Crippen MR) is 108 cm³/mol. The van der Waals surface area contributed by atoms with Crippen molar-refractivity contribution in [1.82, 2.24) is 0 Å². The Kier molecular flexibility index (Phi) is 5.84. The van der Waals surface area contributed by atoms with Gasteiger partial charge in [-0.15, -0.1) is 0 Å². The third kappa shape index (κ3) is 4.98. The van der Waals surface area contributed by atoms with Crippen LogP contribution in [-0.4, -0.2) is 14.3 Å². The highest BCUT2D eigenvalue weighted by molar-refractivity contribution is 7.92. The molecule has 0 aliphatic heterocycles. The molecule has 0 heterocycles. The fourth-order valence-electron chi connectivity index (χ4n) is 2.63. The summed E-state index contributed by atoms with van der Waals surface area (Å²) in [6.07, 6.45) is -4.49. The van der Waals surface area contributed by atoms with Crippen molar-refractivity contribution < 1.29 is 26.4 Å². The third-order valence-corrected chi connectivity index (χ3v) is 5.65. The van der Waals surface area contributed by atoms with E-state index in [0.29, 0.717) is 5.56 Å². The summed E-state index contributed by atoms with van der Waals surface area (Å²) in [5.41, 5.74) is 0.365. The Morgan fingerprint density at radius 2 is 1.53 bits per heavy atom. The van der Waals surface area contributed by atoms with Crippen LogP contribution in [0.25, 0.3) is 0 Å². The lowest BCUT2D eigenvalue weighted by Gasteiger charge is -2.13. The maximum absolute atomic E-state index is 12.7. The number of sulfonamides is 1. The Labute approximate surface area is 171 Å². The zero-order valence-electron chi connectivity index (χ0n) is 15.7. The number of halogens is 3. The number of aryl methyl sites for hydroxylation is 1. The van der Waals surface area contributed by atoms with E-state index in [0.717, 1.165) is 24.3 Å². The van der Waals surface area contributed by atoms with Crippen LogP contribution in [0.3, 0.4) is 0 Å². The van der Waals surface area contributed by atoms with Crippen molar-refractivity contribution in [3.8, 4) is 0 Å². The van der Waals surface area contributed by atoms with Crippen LogP contribution in [0, 0.1) is 6.92 Å². The minimum atomic E-state index is -4.49. The van der Waals surface area contributed by atoms with Gasteiger partial charge in [0.25, 0.3) is 15.9 Å². The first-order valence-electron chi connectivity index (χ1n) is 8.73. The van der Waals surface area contributed by atoms with Crippen molar-refractivity contribution in [2.45, 2.75) is 18.0 Å². The Bertz CT molecular complexity index is 1160. The van der Waals surface area contributed by atoms with Crippen LogP contribution in [0.1, 0.15) is 21.5 Å². The van der Waals surface area contributed by atoms with Gasteiger partial charge in [-0.25, -0.2) is 8.42 Å². The highest BCUT2D eigenvalue weighted by atomic mass is 32.2. The summed E-state index contributed by atoms with van der Waals surface area (Å²) in [6.45, 7) is 1.70. The van der Waals surface area contributed by atoms with E-state index in [-0.39, 0.29) is 21.8 Å². The van der Waals surface area contributed by atoms with E-state index in [4.69, 9.17) is 0 Å². The summed E-state index contributed by atoms with van der Waals surface area (Å²) >= 11 is 0. The largest absolute Gasteiger partial charge is 0.416 e. The van der Waals surface area contributed by atoms with Gasteiger partial charge in [0, 0.05) is 11.3 Å². The van der Waals surface area contributed by atoms with E-state index in [2.05, 4.69) is 10.0 Å². The quantitative estimate of drug-likeness (QED) is 0.589. The molecule has 0 aromatic heterocycles. The van der Waals surface area contributed by atoms with Gasteiger partial charge in [0.1, 0.15) is 0 Å². The minimum Gasteiger partial charge on any atom is -0.322 e. The Balaban J connectivity index is 1.79. The molecule has 0 spiro atoms. The molecule has 0 bridgehead atoms. The van der Waals surface area contributed by atoms with Crippen molar-refractivity contribution in [3.63, 3.8) is 0 Å². The normalized spacial score (nSPS) is 11.7. The molecule has 0 fully saturated rings. The number of hydrogen-bond donors (Lipinski definition) is 2. The first-order chi connectivity index (χ1) is 14.1. The summed E-state index contributed by atoms with van der Waals surface area (Å²) in [6, 6.07) is 16.2. The summed E-state index contributed by atoms with van der Waals surface area (Å²) in [4.78, 5) is 12.4. The number of alkyl halides is 3. The van der Waals surface area contributed by atoms with Crippen LogP contribution in [0.15, 0.2) is 77.7 Å². The zero-order chi connectivity index (χ0) is 21.9. The SMILES string of the molecule is Cc1ccc(NC(=O)c2ccc(C(F)(F)F)cc2)cc1NS(=O)(=O)c1ccccc1. The maximum Gasteiger partial charge on any atom is 0.416 e. The Morgan fingerprint density at radius 1 is 0.900 bits per heavy atom. The van der Waals surface area contributed by atoms with Gasteiger partial charge in [0.2, 0.25) is 0 Å². The standard InChI is InChI=1S/C21H17F3N2O3S/c1-14-7-12-17(13-19(14)26-30(28,29)18-5-3-2-4-6-18)25-20(27)15-8-10-16(11-9-15)21(22,23)24/h2-13,26H,1H3,(H,25,27). The lowest BCUT2D eigenvalue weighted by atomic mass is 10.1. The maximum atomic E-state index is 12.7. The molecular weight excluding hydrogens is 417 g/mol. The van der Waals surface area contributed by atoms with E-state index in [1.807, 2.05) is 0 Å². The lowest BCUT2D eigenvalue weighted by Crippen LogP contribution is -2.15. The summed E-state index contributed by atoms with van der Waals surface area (Å²) in [7, 11) is -3.82. The second kappa shape index (κ2) is 8.19. The molecule has 9 heteroatoms. The molecule has 1 amide bonds. The first kappa shape index (κ1) is 21.4. The smallest absolute Gasteiger partial charge is 0.322 e. The van der Waals surface area contributed by atoms with Crippen molar-refractivity contribution in [2.24, 2.45) is 0 Å². The molecule has 156 valence electrons. The van der Waals surface area contributed by atoms with Crippen LogP contribution < -0.4 is 10.0 Å². The van der Waals surface area contributed by atoms with E-state index < -0.39 is 27.7 Å². The van der Waals surface area contributed by atoms with Gasteiger partial charge in [0.15, 0.2) is 0 Å². The second-order valence-electron chi connectivity index (χ2n) is 6.48. The lowest BCUT2D eigenvalue weighted by molar-refractivity contribution is -0.137. The van der Waals surface area contributed by atoms with E-state index >= 15 is 0 Å². The van der Waals surface area contributed by atoms with E-state index in [9.17, 15) is 26.4 Å². The molecule has 0 saturated carbocycles. The zero-order valence-corrected chi connectivity index (χ0v) is 16.5. The van der Waals surface area contributed by atoms with E-state index in [1.165, 1.54) is 18.2 Å². The molecule has 0 aliphatic carbocycles. The monoisotopic (exact) mass is 434 g/mol. The Hall–Kier alpha value is -3.33. The molecule has 0 saturated heterocycles. The summed E-state index contributed by atoms with van der Waals surface area (Å²) in [5.74, 6) is -0.621. The number of nitrogens with one attached hydrogen (secondary N) is 2. The fraction of sp³-hybridized carbons (Fsp3) is 0.0952. The molecule has 0 aliphatic rings. The molecule has 30 heavy (non-hydrogen) atoms. The van der Waals surface area contributed by atoms with Gasteiger partial charge in [-0.2, -0.15) is 13.2 Å². The van der Waals surface area contributed by atoms with Crippen molar-refractivity contribution in [2.75, 3.05) is 10.0 Å². The molecular formula is C21H17F3N2O3S. The van der Waals surface area contributed by atoms with Crippen LogP contribution >= 0.6 is 0 Å². The van der Waals surface area contributed by atoms with Gasteiger partial charge in [-0.1, -0.05) is 24.3 Å². The van der Waals surface area contributed by atoms with Crippen LogP contribution in [0.5, 0.6) is 0 Å². The molecule has 3 rings (SSSR count). The van der Waals surface area contributed by atoms with Gasteiger partial charge >= 0.3 is 6.18 Å². The minimum absolute atomic E-state index is 0.0370. The average Bonchev–Trinajstić information content (AvgIpc) is 2.70. The molecule has 0 atom stereocenters. The molecule has 3 aromatic carbocycles. The van der Waals surface area contributed by atoms with Gasteiger partial charge < -0.3 is 5.32 Å². The van der Waals surface area contributed by atoms with E-state index in [1.54, 1.807) is 37.3 Å². The number of amides is 1. The molecule has 5 nitrogen and oxygen atoms in total. The highest BCUT2D eigenvalue weighted by Crippen LogP contribution is 2.29. The fourth-order valence-corrected chi connectivity index (χ4v) is 3.77. The number of rotatable bonds is 5. The molecule has 3 aromatic rings. The number of carbonyl (C=O) groups is 1. The first-order valence-corrected chi connectivity index (χ1v) is 10.2. The average molecular weight is 434 g/mol. The number of hydrogen-bond acceptors (Lipinski definition) is 3. The highest BCUT2D eigenvalue weighted by Gasteiger charge is 2.30. The third-order valence-electron chi connectivity index (χ3n) is 4.27. The Morgan fingerprint density at radius 3 is 2.13 bits per heavy atom. The number of carbonyl (C=O) groups excluding carboxylic acids is 1. The van der Waals surface area contributed by atoms with Gasteiger partial charge in [-0.05, 0) is 61.0 Å². The molecule has 2 N–H and O–H groups in total. The number of anilines is 2. The second-order valence-corrected chi connectivity index (χ2v) is 8.16. The topological polar surface area (TPSA) is 75.3 Å². The van der Waals surface area contributed by atoms with Crippen molar-refractivity contribution in [3.05, 3.63) is 89.5 Å². The number of benzene rings is 3. The summed E-state index contributed by atoms with van der Waals surface area (Å²) < 4.78 is 65.5. The van der Waals surface area contributed by atoms with Crippen LogP contribution in [0.2, 0.25) is 0 Å². The molecule has 0 unspecified atom stereocenters. The summed E-state index contributed by atoms with van der Waals surface area (Å²) in [5, 5.41) is 2.55. The van der Waals surface area contributed by atoms with Gasteiger partial charge in [-0.3, -0.25) is 9.52 Å². The van der Waals surface area contributed by atoms with Crippen molar-refractivity contribution in [1.29, 1.82) is 0 Å². The van der Waals surface area contributed by atoms with Crippen LogP contribution in [0.4, 0.5) is 24.5 Å². The molecule has 0 radical (unpaired) electrons. The van der Waals surface area contributed by atoms with Crippen molar-refractivity contribution >= 4 is 27.3 Å². The van der Waals surface area contributed by atoms with Crippen LogP contribution in [-0.2, 0) is 16.2 Å². The van der Waals surface area contributed by atoms with Gasteiger partial charge in [0.05, 0.1) is 16.1 Å².